The van der Waals surface area contributed by atoms with Gasteiger partial charge < -0.3 is 16.0 Å². The standard InChI is InChI=1S/C16H24N4OS/c1-5-20(6-2)8-7-18-15(21)14-13(17)12-10(3)9-11(4)19-16(12)22-14/h9H,5-8,17H2,1-4H3,(H,18,21)/p+1. The number of pyridine rings is 1. The van der Waals surface area contributed by atoms with Crippen LogP contribution in [0.3, 0.4) is 0 Å². The van der Waals surface area contributed by atoms with Gasteiger partial charge in [0, 0.05) is 11.1 Å². The van der Waals surface area contributed by atoms with Gasteiger partial charge in [-0.1, -0.05) is 0 Å². The summed E-state index contributed by atoms with van der Waals surface area (Å²) in [7, 11) is 0. The van der Waals surface area contributed by atoms with Crippen LogP contribution in [-0.2, 0) is 0 Å². The molecule has 22 heavy (non-hydrogen) atoms. The van der Waals surface area contributed by atoms with Crippen LogP contribution in [0.5, 0.6) is 0 Å². The number of amides is 1. The van der Waals surface area contributed by atoms with Gasteiger partial charge in [0.1, 0.15) is 9.71 Å². The van der Waals surface area contributed by atoms with Gasteiger partial charge in [0.05, 0.1) is 31.9 Å². The van der Waals surface area contributed by atoms with Crippen LogP contribution in [0.1, 0.15) is 34.8 Å². The minimum atomic E-state index is -0.0934. The Morgan fingerprint density at radius 1 is 1.36 bits per heavy atom. The largest absolute Gasteiger partial charge is 0.397 e. The number of thiophene rings is 1. The number of nitrogen functional groups attached to an aromatic ring is 1. The molecule has 0 aromatic carbocycles. The third-order valence-electron chi connectivity index (χ3n) is 3.99. The summed E-state index contributed by atoms with van der Waals surface area (Å²) >= 11 is 1.38. The Hall–Kier alpha value is -1.66. The number of hydrogen-bond donors (Lipinski definition) is 3. The van der Waals surface area contributed by atoms with E-state index in [0.717, 1.165) is 41.1 Å². The van der Waals surface area contributed by atoms with Crippen molar-refractivity contribution in [2.45, 2.75) is 27.7 Å². The topological polar surface area (TPSA) is 72.5 Å². The van der Waals surface area contributed by atoms with Crippen LogP contribution in [0.2, 0.25) is 0 Å². The number of fused-ring (bicyclic) bond motifs is 1. The lowest BCUT2D eigenvalue weighted by atomic mass is 10.1. The molecule has 2 heterocycles. The van der Waals surface area contributed by atoms with Crippen molar-refractivity contribution in [1.82, 2.24) is 10.3 Å². The van der Waals surface area contributed by atoms with Crippen molar-refractivity contribution in [3.8, 4) is 0 Å². The zero-order valence-corrected chi connectivity index (χ0v) is 14.6. The Balaban J connectivity index is 2.15. The molecule has 2 aromatic heterocycles. The molecule has 2 rings (SSSR count). The van der Waals surface area contributed by atoms with E-state index in [1.54, 1.807) is 0 Å². The Bertz CT molecular complexity index is 676. The molecule has 5 nitrogen and oxygen atoms in total. The number of likely N-dealkylation sites (N-methyl/N-ethyl adjacent to an activating group) is 1. The highest BCUT2D eigenvalue weighted by Gasteiger charge is 2.19. The number of quaternary nitrogens is 1. The van der Waals surface area contributed by atoms with Crippen LogP contribution in [0.25, 0.3) is 10.2 Å². The van der Waals surface area contributed by atoms with E-state index in [2.05, 4.69) is 24.1 Å². The number of anilines is 1. The van der Waals surface area contributed by atoms with Crippen LogP contribution in [0.4, 0.5) is 5.69 Å². The number of nitrogens with two attached hydrogens (primary N) is 1. The van der Waals surface area contributed by atoms with Crippen LogP contribution in [0.15, 0.2) is 6.07 Å². The van der Waals surface area contributed by atoms with Gasteiger partial charge in [0.2, 0.25) is 0 Å². The number of nitrogens with zero attached hydrogens (tertiary/aromatic N) is 1. The maximum Gasteiger partial charge on any atom is 0.263 e. The molecule has 4 N–H and O–H groups in total. The molecule has 0 unspecified atom stereocenters. The van der Waals surface area contributed by atoms with Gasteiger partial charge in [-0.3, -0.25) is 4.79 Å². The molecule has 0 aliphatic heterocycles. The minimum absolute atomic E-state index is 0.0934. The van der Waals surface area contributed by atoms with Gasteiger partial charge in [-0.2, -0.15) is 0 Å². The SMILES string of the molecule is CC[NH+](CC)CCNC(=O)c1sc2nc(C)cc(C)c2c1N. The van der Waals surface area contributed by atoms with Crippen LogP contribution >= 0.6 is 11.3 Å². The molecule has 0 radical (unpaired) electrons. The third-order valence-corrected chi connectivity index (χ3v) is 5.09. The number of carbonyl (C=O) groups is 1. The first-order chi connectivity index (χ1) is 10.5. The van der Waals surface area contributed by atoms with Gasteiger partial charge in [-0.15, -0.1) is 11.3 Å². The predicted molar refractivity (Wildman–Crippen MR) is 92.8 cm³/mol. The van der Waals surface area contributed by atoms with Crippen LogP contribution < -0.4 is 16.0 Å². The van der Waals surface area contributed by atoms with E-state index >= 15 is 0 Å². The van der Waals surface area contributed by atoms with E-state index < -0.39 is 0 Å². The van der Waals surface area contributed by atoms with Crippen molar-refractivity contribution in [1.29, 1.82) is 0 Å². The first-order valence-corrected chi connectivity index (χ1v) is 8.57. The Morgan fingerprint density at radius 3 is 2.68 bits per heavy atom. The third kappa shape index (κ3) is 3.39. The van der Waals surface area contributed by atoms with Gasteiger partial charge in [-0.25, -0.2) is 4.98 Å². The smallest absolute Gasteiger partial charge is 0.263 e. The summed E-state index contributed by atoms with van der Waals surface area (Å²) in [5, 5.41) is 3.89. The summed E-state index contributed by atoms with van der Waals surface area (Å²) in [6, 6.07) is 2.00. The van der Waals surface area contributed by atoms with Gasteiger partial charge in [0.25, 0.3) is 5.91 Å². The highest BCUT2D eigenvalue weighted by molar-refractivity contribution is 7.21. The number of hydrogen-bond acceptors (Lipinski definition) is 4. The number of aromatic nitrogens is 1. The molecule has 0 bridgehead atoms. The first kappa shape index (κ1) is 16.7. The summed E-state index contributed by atoms with van der Waals surface area (Å²) in [5.41, 5.74) is 8.75. The van der Waals surface area contributed by atoms with Crippen LogP contribution in [0, 0.1) is 13.8 Å². The fourth-order valence-electron chi connectivity index (χ4n) is 2.67. The molecule has 6 heteroatoms. The maximum absolute atomic E-state index is 12.4. The van der Waals surface area contributed by atoms with E-state index in [-0.39, 0.29) is 5.91 Å². The molecule has 0 spiro atoms. The molecule has 0 atom stereocenters. The fraction of sp³-hybridized carbons (Fsp3) is 0.500. The number of rotatable bonds is 6. The van der Waals surface area contributed by atoms with E-state index in [1.165, 1.54) is 16.2 Å². The zero-order chi connectivity index (χ0) is 16.3. The molecule has 0 aliphatic rings. The highest BCUT2D eigenvalue weighted by atomic mass is 32.1. The number of nitrogens with one attached hydrogen (secondary N) is 2. The van der Waals surface area contributed by atoms with Gasteiger partial charge in [-0.05, 0) is 39.3 Å². The van der Waals surface area contributed by atoms with Crippen LogP contribution in [-0.4, -0.2) is 37.1 Å². The average Bonchev–Trinajstić information content (AvgIpc) is 2.80. The van der Waals surface area contributed by atoms with Crippen molar-refractivity contribution in [2.24, 2.45) is 0 Å². The molecule has 0 saturated carbocycles. The highest BCUT2D eigenvalue weighted by Crippen LogP contribution is 2.34. The first-order valence-electron chi connectivity index (χ1n) is 7.75. The monoisotopic (exact) mass is 321 g/mol. The normalized spacial score (nSPS) is 11.3. The van der Waals surface area contributed by atoms with Crippen molar-refractivity contribution in [3.63, 3.8) is 0 Å². The lowest BCUT2D eigenvalue weighted by Gasteiger charge is -2.15. The molecule has 0 fully saturated rings. The van der Waals surface area contributed by atoms with Crippen molar-refractivity contribution in [2.75, 3.05) is 31.9 Å². The van der Waals surface area contributed by atoms with Crippen molar-refractivity contribution < 1.29 is 9.69 Å². The summed E-state index contributed by atoms with van der Waals surface area (Å²) in [6.07, 6.45) is 0. The quantitative estimate of drug-likeness (QED) is 0.747. The molecule has 1 amide bonds. The Kier molecular flexibility index (Phi) is 5.37. The molecular weight excluding hydrogens is 296 g/mol. The number of aryl methyl sites for hydroxylation is 2. The lowest BCUT2D eigenvalue weighted by Crippen LogP contribution is -3.12. The lowest BCUT2D eigenvalue weighted by molar-refractivity contribution is -0.895. The van der Waals surface area contributed by atoms with Gasteiger partial charge in [0.15, 0.2) is 0 Å². The summed E-state index contributed by atoms with van der Waals surface area (Å²) < 4.78 is 0. The molecule has 0 aliphatic carbocycles. The second kappa shape index (κ2) is 7.07. The van der Waals surface area contributed by atoms with Crippen molar-refractivity contribution >= 4 is 33.1 Å². The molecule has 0 saturated heterocycles. The summed E-state index contributed by atoms with van der Waals surface area (Å²) in [4.78, 5) is 19.7. The molecule has 2 aromatic rings. The van der Waals surface area contributed by atoms with E-state index in [1.807, 2.05) is 19.9 Å². The second-order valence-corrected chi connectivity index (χ2v) is 6.57. The van der Waals surface area contributed by atoms with E-state index in [4.69, 9.17) is 5.73 Å². The van der Waals surface area contributed by atoms with Gasteiger partial charge >= 0.3 is 0 Å². The Labute approximate surface area is 135 Å². The second-order valence-electron chi connectivity index (χ2n) is 5.57. The van der Waals surface area contributed by atoms with E-state index in [9.17, 15) is 4.79 Å². The zero-order valence-electron chi connectivity index (χ0n) is 13.7. The minimum Gasteiger partial charge on any atom is -0.397 e. The fourth-order valence-corrected chi connectivity index (χ4v) is 3.81. The summed E-state index contributed by atoms with van der Waals surface area (Å²) in [5.74, 6) is -0.0934. The predicted octanol–water partition coefficient (Wildman–Crippen LogP) is 1.15. The molecule has 120 valence electrons. The number of carbonyl (C=O) groups excluding carboxylic acids is 1. The Morgan fingerprint density at radius 2 is 2.05 bits per heavy atom. The maximum atomic E-state index is 12.4. The average molecular weight is 321 g/mol. The van der Waals surface area contributed by atoms with Crippen molar-refractivity contribution in [3.05, 3.63) is 22.2 Å². The summed E-state index contributed by atoms with van der Waals surface area (Å²) in [6.45, 7) is 12.0. The van der Waals surface area contributed by atoms with E-state index in [0.29, 0.717) is 17.1 Å². The molecular formula is C16H25N4OS+.